The second kappa shape index (κ2) is 6.37. The van der Waals surface area contributed by atoms with Crippen molar-refractivity contribution in [3.8, 4) is 11.5 Å². The Bertz CT molecular complexity index is 1280. The van der Waals surface area contributed by atoms with Crippen LogP contribution in [-0.4, -0.2) is 24.8 Å². The second-order valence-corrected chi connectivity index (χ2v) is 7.23. The van der Waals surface area contributed by atoms with Crippen LogP contribution in [0, 0.1) is 6.92 Å². The van der Waals surface area contributed by atoms with E-state index in [1.54, 1.807) is 4.52 Å². The summed E-state index contributed by atoms with van der Waals surface area (Å²) >= 11 is 7.71. The number of para-hydroxylation sites is 1. The lowest BCUT2D eigenvalue weighted by atomic mass is 10.2. The van der Waals surface area contributed by atoms with Crippen molar-refractivity contribution >= 4 is 39.9 Å². The van der Waals surface area contributed by atoms with Gasteiger partial charge in [-0.25, -0.2) is 9.50 Å². The van der Waals surface area contributed by atoms with E-state index in [0.29, 0.717) is 21.8 Å². The van der Waals surface area contributed by atoms with Gasteiger partial charge < -0.3 is 4.42 Å². The van der Waals surface area contributed by atoms with Gasteiger partial charge in [-0.15, -0.1) is 10.2 Å². The Morgan fingerprint density at radius 2 is 1.78 bits per heavy atom. The quantitative estimate of drug-likeness (QED) is 0.400. The monoisotopic (exact) mass is 393 g/mol. The maximum Gasteiger partial charge on any atom is 0.283 e. The Balaban J connectivity index is 1.62. The number of fused-ring (bicyclic) bond motifs is 3. The van der Waals surface area contributed by atoms with Crippen molar-refractivity contribution in [3.05, 3.63) is 65.3 Å². The van der Waals surface area contributed by atoms with E-state index in [0.717, 1.165) is 27.2 Å². The van der Waals surface area contributed by atoms with Gasteiger partial charge >= 0.3 is 0 Å². The van der Waals surface area contributed by atoms with Crippen molar-refractivity contribution in [2.75, 3.05) is 0 Å². The van der Waals surface area contributed by atoms with Gasteiger partial charge in [-0.3, -0.25) is 0 Å². The van der Waals surface area contributed by atoms with Crippen LogP contribution in [0.4, 0.5) is 0 Å². The summed E-state index contributed by atoms with van der Waals surface area (Å²) in [6, 6.07) is 17.6. The first-order valence-electron chi connectivity index (χ1n) is 8.21. The van der Waals surface area contributed by atoms with Crippen LogP contribution in [0.2, 0.25) is 5.02 Å². The van der Waals surface area contributed by atoms with Gasteiger partial charge in [0, 0.05) is 10.9 Å². The van der Waals surface area contributed by atoms with Gasteiger partial charge in [0.05, 0.1) is 11.2 Å². The zero-order valence-corrected chi connectivity index (χ0v) is 15.7. The Morgan fingerprint density at radius 3 is 2.63 bits per heavy atom. The third-order valence-electron chi connectivity index (χ3n) is 4.15. The highest BCUT2D eigenvalue weighted by Crippen LogP contribution is 2.34. The Kier molecular flexibility index (Phi) is 3.84. The van der Waals surface area contributed by atoms with E-state index in [4.69, 9.17) is 21.0 Å². The number of hydrogen-bond acceptors (Lipinski definition) is 6. The molecule has 5 aromatic rings. The molecule has 3 aromatic heterocycles. The predicted octanol–water partition coefficient (Wildman–Crippen LogP) is 5.05. The summed E-state index contributed by atoms with van der Waals surface area (Å²) in [5.74, 6) is 0.474. The van der Waals surface area contributed by atoms with E-state index in [1.807, 2.05) is 61.5 Å². The summed E-state index contributed by atoms with van der Waals surface area (Å²) in [6.07, 6.45) is 0. The molecule has 6 nitrogen and oxygen atoms in total. The zero-order valence-electron chi connectivity index (χ0n) is 14.1. The summed E-state index contributed by atoms with van der Waals surface area (Å²) in [5.41, 5.74) is 3.14. The average molecular weight is 394 g/mol. The van der Waals surface area contributed by atoms with Gasteiger partial charge in [-0.05, 0) is 36.9 Å². The highest BCUT2D eigenvalue weighted by molar-refractivity contribution is 7.99. The molecule has 0 saturated heterocycles. The van der Waals surface area contributed by atoms with Crippen LogP contribution in [0.5, 0.6) is 0 Å². The fraction of sp³-hybridized carbons (Fsp3) is 0.0526. The van der Waals surface area contributed by atoms with Crippen LogP contribution in [-0.2, 0) is 0 Å². The minimum Gasteiger partial charge on any atom is -0.411 e. The van der Waals surface area contributed by atoms with Crippen molar-refractivity contribution in [2.24, 2.45) is 0 Å². The molecule has 3 heterocycles. The maximum atomic E-state index is 6.39. The van der Waals surface area contributed by atoms with Crippen LogP contribution in [0.25, 0.3) is 28.0 Å². The van der Waals surface area contributed by atoms with Gasteiger partial charge in [-0.1, -0.05) is 48.0 Å². The molecule has 5 rings (SSSR count). The number of nitrogens with zero attached hydrogens (tertiary/aromatic N) is 5. The van der Waals surface area contributed by atoms with Gasteiger partial charge in [0.2, 0.25) is 5.89 Å². The lowest BCUT2D eigenvalue weighted by Crippen LogP contribution is -1.95. The molecule has 0 aliphatic heterocycles. The molecule has 2 aromatic carbocycles. The lowest BCUT2D eigenvalue weighted by Gasteiger charge is -2.05. The van der Waals surface area contributed by atoms with Crippen molar-refractivity contribution in [3.63, 3.8) is 0 Å². The minimum absolute atomic E-state index is 0.420. The van der Waals surface area contributed by atoms with Crippen LogP contribution < -0.4 is 0 Å². The zero-order chi connectivity index (χ0) is 18.4. The fourth-order valence-corrected chi connectivity index (χ4v) is 3.81. The predicted molar refractivity (Wildman–Crippen MR) is 104 cm³/mol. The molecule has 0 saturated carbocycles. The molecule has 0 atom stereocenters. The molecule has 0 bridgehead atoms. The summed E-state index contributed by atoms with van der Waals surface area (Å²) in [6.45, 7) is 1.86. The number of halogens is 1. The molecule has 0 radical (unpaired) electrons. The molecular formula is C19H12ClN5OS. The summed E-state index contributed by atoms with van der Waals surface area (Å²) < 4.78 is 7.58. The fourth-order valence-electron chi connectivity index (χ4n) is 2.86. The Hall–Kier alpha value is -2.90. The molecule has 0 spiro atoms. The highest BCUT2D eigenvalue weighted by Gasteiger charge is 2.17. The molecule has 27 heavy (non-hydrogen) atoms. The third-order valence-corrected chi connectivity index (χ3v) is 5.43. The standard InChI is InChI=1S/C19H12ClN5OS/c1-11-15(20)16-21-18(13-9-5-6-10-14(13)25(16)24-11)27-19-23-22-17(26-19)12-7-3-2-4-8-12/h2-10H,1H3. The maximum absolute atomic E-state index is 6.39. The minimum atomic E-state index is 0.420. The van der Waals surface area contributed by atoms with Crippen LogP contribution in [0.15, 0.2) is 69.3 Å². The van der Waals surface area contributed by atoms with E-state index in [2.05, 4.69) is 15.3 Å². The van der Waals surface area contributed by atoms with E-state index in [1.165, 1.54) is 11.8 Å². The van der Waals surface area contributed by atoms with E-state index >= 15 is 0 Å². The normalized spacial score (nSPS) is 11.5. The first kappa shape index (κ1) is 16.3. The average Bonchev–Trinajstić information content (AvgIpc) is 3.28. The molecule has 0 N–H and O–H groups in total. The number of benzene rings is 2. The van der Waals surface area contributed by atoms with E-state index < -0.39 is 0 Å². The van der Waals surface area contributed by atoms with Gasteiger partial charge in [0.25, 0.3) is 5.22 Å². The molecule has 0 amide bonds. The molecule has 0 fully saturated rings. The number of aromatic nitrogens is 5. The SMILES string of the molecule is Cc1nn2c(nc(Sc3nnc(-c4ccccc4)o3)c3ccccc32)c1Cl. The molecule has 0 aliphatic rings. The summed E-state index contributed by atoms with van der Waals surface area (Å²) in [7, 11) is 0. The van der Waals surface area contributed by atoms with E-state index in [9.17, 15) is 0 Å². The lowest BCUT2D eigenvalue weighted by molar-refractivity contribution is 0.466. The third kappa shape index (κ3) is 2.75. The number of hydrogen-bond donors (Lipinski definition) is 0. The van der Waals surface area contributed by atoms with Gasteiger partial charge in [0.15, 0.2) is 5.65 Å². The summed E-state index contributed by atoms with van der Waals surface area (Å²) in [4.78, 5) is 4.70. The topological polar surface area (TPSA) is 69.1 Å². The van der Waals surface area contributed by atoms with Crippen LogP contribution in [0.1, 0.15) is 5.69 Å². The highest BCUT2D eigenvalue weighted by atomic mass is 35.5. The van der Waals surface area contributed by atoms with Crippen molar-refractivity contribution < 1.29 is 4.42 Å². The molecule has 132 valence electrons. The first-order valence-corrected chi connectivity index (χ1v) is 9.40. The Labute approximate surface area is 163 Å². The van der Waals surface area contributed by atoms with Gasteiger partial charge in [0.1, 0.15) is 10.0 Å². The Morgan fingerprint density at radius 1 is 1.00 bits per heavy atom. The van der Waals surface area contributed by atoms with Crippen molar-refractivity contribution in [2.45, 2.75) is 17.2 Å². The molecule has 8 heteroatoms. The van der Waals surface area contributed by atoms with Crippen LogP contribution in [0.3, 0.4) is 0 Å². The van der Waals surface area contributed by atoms with E-state index in [-0.39, 0.29) is 0 Å². The molecule has 0 unspecified atom stereocenters. The first-order chi connectivity index (χ1) is 13.2. The molecule has 0 aliphatic carbocycles. The largest absolute Gasteiger partial charge is 0.411 e. The van der Waals surface area contributed by atoms with Gasteiger partial charge in [-0.2, -0.15) is 5.10 Å². The number of rotatable bonds is 3. The van der Waals surface area contributed by atoms with Crippen molar-refractivity contribution in [1.82, 2.24) is 24.8 Å². The van der Waals surface area contributed by atoms with Crippen molar-refractivity contribution in [1.29, 1.82) is 0 Å². The molecular weight excluding hydrogens is 382 g/mol. The number of aryl methyl sites for hydroxylation is 1. The van der Waals surface area contributed by atoms with Crippen LogP contribution >= 0.6 is 23.4 Å². The second-order valence-electron chi connectivity index (χ2n) is 5.91. The summed E-state index contributed by atoms with van der Waals surface area (Å²) in [5, 5.41) is 15.4. The smallest absolute Gasteiger partial charge is 0.283 e.